The van der Waals surface area contributed by atoms with E-state index < -0.39 is 5.97 Å². The number of allylic oxidation sites excluding steroid dienone is 1. The number of carboxylic acid groups (broad SMARTS) is 1. The number of hydrogen-bond donors (Lipinski definition) is 1. The van der Waals surface area contributed by atoms with Crippen molar-refractivity contribution in [1.82, 2.24) is 4.58 Å². The van der Waals surface area contributed by atoms with Gasteiger partial charge in [0.15, 0.2) is 0 Å². The van der Waals surface area contributed by atoms with Crippen molar-refractivity contribution in [3.63, 3.8) is 0 Å². The maximum absolute atomic E-state index is 10.6. The molecule has 1 aromatic carbocycles. The molecule has 4 rings (SSSR count). The first-order valence-corrected chi connectivity index (χ1v) is 13.3. The van der Waals surface area contributed by atoms with E-state index in [-0.39, 0.29) is 11.8 Å². The molecule has 37 heavy (non-hydrogen) atoms. The number of carbonyl (C=O) groups is 1. The van der Waals surface area contributed by atoms with Crippen molar-refractivity contribution in [3.05, 3.63) is 70.9 Å². The van der Waals surface area contributed by atoms with Gasteiger partial charge in [-0.25, -0.2) is 4.58 Å². The summed E-state index contributed by atoms with van der Waals surface area (Å²) in [5.74, 6) is 0.802. The van der Waals surface area contributed by atoms with Gasteiger partial charge in [-0.2, -0.15) is 0 Å². The van der Waals surface area contributed by atoms with Crippen LogP contribution < -0.4 is 25.3 Å². The van der Waals surface area contributed by atoms with E-state index >= 15 is 0 Å². The molecule has 2 aliphatic carbocycles. The van der Waals surface area contributed by atoms with Crippen molar-refractivity contribution < 1.29 is 14.3 Å². The monoisotopic (exact) mass is 501 g/mol. The van der Waals surface area contributed by atoms with Gasteiger partial charge in [0.2, 0.25) is 5.36 Å². The molecule has 0 radical (unpaired) electrons. The van der Waals surface area contributed by atoms with Crippen LogP contribution in [0.5, 0.6) is 0 Å². The lowest BCUT2D eigenvalue weighted by atomic mass is 9.76. The van der Waals surface area contributed by atoms with Crippen LogP contribution in [-0.4, -0.2) is 33.2 Å². The summed E-state index contributed by atoms with van der Waals surface area (Å²) in [7, 11) is 4.10. The normalized spacial score (nSPS) is 15.1. The highest BCUT2D eigenvalue weighted by Gasteiger charge is 2.31. The van der Waals surface area contributed by atoms with Gasteiger partial charge in [0, 0.05) is 66.8 Å². The highest BCUT2D eigenvalue weighted by Crippen LogP contribution is 2.41. The third-order valence-corrected chi connectivity index (χ3v) is 7.17. The Morgan fingerprint density at radius 1 is 1.11 bits per heavy atom. The summed E-state index contributed by atoms with van der Waals surface area (Å²) in [6.45, 7) is 8.44. The zero-order chi connectivity index (χ0) is 26.6. The van der Waals surface area contributed by atoms with E-state index in [9.17, 15) is 9.90 Å². The molecule has 0 unspecified atom stereocenters. The molecule has 1 aromatic rings. The van der Waals surface area contributed by atoms with Crippen LogP contribution in [0.25, 0.3) is 17.4 Å². The average molecular weight is 502 g/mol. The number of carboxylic acids is 1. The maximum Gasteiger partial charge on any atom is 0.203 e. The molecule has 6 heteroatoms. The molecule has 0 fully saturated rings. The highest BCUT2D eigenvalue weighted by molar-refractivity contribution is 5.70. The summed E-state index contributed by atoms with van der Waals surface area (Å²) in [6, 6.07) is 17.1. The largest absolute Gasteiger partial charge is 0.550 e. The zero-order valence-electron chi connectivity index (χ0n) is 22.8. The smallest absolute Gasteiger partial charge is 0.203 e. The molecule has 0 aromatic heterocycles. The van der Waals surface area contributed by atoms with Gasteiger partial charge < -0.3 is 24.5 Å². The number of anilines is 2. The number of nitrogens with one attached hydrogen (secondary N) is 1. The van der Waals surface area contributed by atoms with E-state index in [1.807, 2.05) is 14.1 Å². The van der Waals surface area contributed by atoms with Crippen LogP contribution in [0.2, 0.25) is 0 Å². The molecule has 0 bridgehead atoms. The molecule has 0 amide bonds. The minimum absolute atomic E-state index is 0.0666. The minimum Gasteiger partial charge on any atom is -0.550 e. The lowest BCUT2D eigenvalue weighted by molar-refractivity contribution is -0.305. The van der Waals surface area contributed by atoms with Crippen LogP contribution in [0.3, 0.4) is 0 Å². The highest BCUT2D eigenvalue weighted by atomic mass is 16.4. The van der Waals surface area contributed by atoms with Gasteiger partial charge in [-0.1, -0.05) is 19.9 Å². The quantitative estimate of drug-likeness (QED) is 0.322. The number of hydrogen-bond acceptors (Lipinski definition) is 5. The molecular formula is C31H39N3O3. The summed E-state index contributed by atoms with van der Waals surface area (Å²) in [5, 5.41) is 15.4. The van der Waals surface area contributed by atoms with Crippen molar-refractivity contribution in [2.45, 2.75) is 58.3 Å². The van der Waals surface area contributed by atoms with E-state index in [2.05, 4.69) is 90.2 Å². The molecule has 1 N–H and O–H groups in total. The Hall–Kier alpha value is -3.54. The second-order valence-electron chi connectivity index (χ2n) is 10.8. The first-order chi connectivity index (χ1) is 17.7. The summed E-state index contributed by atoms with van der Waals surface area (Å²) < 4.78 is 8.85. The second kappa shape index (κ2) is 11.2. The topological polar surface area (TPSA) is 71.5 Å². The van der Waals surface area contributed by atoms with Gasteiger partial charge in [-0.15, -0.1) is 0 Å². The first-order valence-electron chi connectivity index (χ1n) is 13.3. The minimum atomic E-state index is -0.968. The van der Waals surface area contributed by atoms with E-state index in [1.165, 1.54) is 5.56 Å². The van der Waals surface area contributed by atoms with Crippen molar-refractivity contribution in [3.8, 4) is 11.3 Å². The number of rotatable bonds is 10. The van der Waals surface area contributed by atoms with Crippen molar-refractivity contribution >= 4 is 23.4 Å². The van der Waals surface area contributed by atoms with Crippen molar-refractivity contribution in [2.75, 3.05) is 37.4 Å². The second-order valence-corrected chi connectivity index (χ2v) is 10.8. The summed E-state index contributed by atoms with van der Waals surface area (Å²) in [4.78, 5) is 12.8. The van der Waals surface area contributed by atoms with Crippen LogP contribution in [-0.2, 0) is 10.2 Å². The Labute approximate surface area is 220 Å². The third kappa shape index (κ3) is 6.43. The molecule has 6 nitrogen and oxygen atoms in total. The van der Waals surface area contributed by atoms with Gasteiger partial charge in [-0.3, -0.25) is 0 Å². The fourth-order valence-corrected chi connectivity index (χ4v) is 5.09. The Balaban J connectivity index is 1.64. The zero-order valence-corrected chi connectivity index (χ0v) is 22.8. The van der Waals surface area contributed by atoms with Gasteiger partial charge in [0.05, 0.1) is 6.07 Å². The van der Waals surface area contributed by atoms with Crippen LogP contribution in [0.1, 0.15) is 64.2 Å². The van der Waals surface area contributed by atoms with Gasteiger partial charge in [-0.05, 0) is 68.4 Å². The molecule has 0 saturated carbocycles. The molecule has 0 spiro atoms. The Bertz CT molecular complexity index is 1330. The Kier molecular flexibility index (Phi) is 8.06. The predicted molar refractivity (Wildman–Crippen MR) is 149 cm³/mol. The first kappa shape index (κ1) is 26.5. The van der Waals surface area contributed by atoms with E-state index in [4.69, 9.17) is 4.42 Å². The molecule has 1 aliphatic heterocycles. The summed E-state index contributed by atoms with van der Waals surface area (Å²) in [5.41, 5.74) is 5.62. The molecular weight excluding hydrogens is 462 g/mol. The maximum atomic E-state index is 10.6. The molecule has 0 saturated heterocycles. The fourth-order valence-electron chi connectivity index (χ4n) is 5.09. The standard InChI is InChI=1S/C31H39N3O3/c1-6-34(16-9-7-8-13-30(35)36)26-15-14-22-17-27-29(37-28(22)20-26)19-24(21-31(27,2)3)32-23-11-10-12-25(18-23)33(4)5/h10-12,14-15,17-20H,6-9,13,16,21H2,1-5H3,(H,35,36). The van der Waals surface area contributed by atoms with Crippen molar-refractivity contribution in [2.24, 2.45) is 0 Å². The predicted octanol–water partition coefficient (Wildman–Crippen LogP) is 4.69. The number of aliphatic carboxylic acids is 1. The van der Waals surface area contributed by atoms with E-state index in [0.29, 0.717) is 6.42 Å². The van der Waals surface area contributed by atoms with Crippen molar-refractivity contribution in [1.29, 1.82) is 0 Å². The SMILES string of the molecule is CC[N+](CCCCCC(=O)[O-])=c1ccc2cc3c(oc-2c1)C=C(Nc1cccc(N(C)C)c1)CC3(C)C. The number of benzene rings is 2. The molecule has 196 valence electrons. The van der Waals surface area contributed by atoms with Crippen LogP contribution in [0.4, 0.5) is 11.4 Å². The number of fused-ring (bicyclic) bond motifs is 2. The number of unbranched alkanes of at least 4 members (excludes halogenated alkanes) is 2. The molecule has 3 aliphatic rings. The lowest BCUT2D eigenvalue weighted by Gasteiger charge is -2.33. The third-order valence-electron chi connectivity index (χ3n) is 7.17. The van der Waals surface area contributed by atoms with Gasteiger partial charge >= 0.3 is 0 Å². The average Bonchev–Trinajstić information content (AvgIpc) is 2.84. The van der Waals surface area contributed by atoms with Crippen LogP contribution in [0.15, 0.2) is 58.6 Å². The van der Waals surface area contributed by atoms with Crippen LogP contribution >= 0.6 is 0 Å². The Morgan fingerprint density at radius 2 is 1.92 bits per heavy atom. The number of carbonyl (C=O) groups excluding carboxylic acids is 1. The van der Waals surface area contributed by atoms with Crippen LogP contribution in [0, 0.1) is 0 Å². The summed E-state index contributed by atoms with van der Waals surface area (Å²) >= 11 is 0. The number of nitrogens with zero attached hydrogens (tertiary/aromatic N) is 2. The lowest BCUT2D eigenvalue weighted by Crippen LogP contribution is -2.31. The molecule has 0 atom stereocenters. The van der Waals surface area contributed by atoms with E-state index in [1.54, 1.807) is 0 Å². The molecule has 1 heterocycles. The summed E-state index contributed by atoms with van der Waals surface area (Å²) in [6.07, 6.45) is 5.66. The van der Waals surface area contributed by atoms with E-state index in [0.717, 1.165) is 71.9 Å². The van der Waals surface area contributed by atoms with Gasteiger partial charge in [0.25, 0.3) is 0 Å². The van der Waals surface area contributed by atoms with Gasteiger partial charge in [0.1, 0.15) is 24.6 Å². The Morgan fingerprint density at radius 3 is 2.65 bits per heavy atom. The fraction of sp³-hybridized carbons (Fsp3) is 0.419.